The van der Waals surface area contributed by atoms with Crippen molar-refractivity contribution < 1.29 is 5.11 Å². The largest absolute Gasteiger partial charge is 0.392 e. The van der Waals surface area contributed by atoms with Gasteiger partial charge in [0.15, 0.2) is 0 Å². The zero-order valence-corrected chi connectivity index (χ0v) is 10.7. The Hall–Kier alpha value is -1.44. The van der Waals surface area contributed by atoms with Crippen LogP contribution in [0.5, 0.6) is 0 Å². The Morgan fingerprint density at radius 1 is 1.22 bits per heavy atom. The maximum absolute atomic E-state index is 8.96. The number of thioether (sulfide) groups is 1. The van der Waals surface area contributed by atoms with Crippen molar-refractivity contribution in [3.8, 4) is 0 Å². The lowest BCUT2D eigenvalue weighted by atomic mass is 10.2. The fourth-order valence-electron chi connectivity index (χ4n) is 1.45. The summed E-state index contributed by atoms with van der Waals surface area (Å²) in [7, 11) is 0. The van der Waals surface area contributed by atoms with Crippen molar-refractivity contribution in [1.82, 2.24) is 20.2 Å². The quantitative estimate of drug-likeness (QED) is 0.736. The molecule has 96 valence electrons. The molecule has 2 rings (SSSR count). The molecule has 0 radical (unpaired) electrons. The van der Waals surface area contributed by atoms with Crippen LogP contribution < -0.4 is 5.73 Å². The standard InChI is InChI=1S/C11H15N5OS/c12-5-6-16-11(13-14-15-16)18-8-10-3-1-9(7-17)2-4-10/h1-4,17H,5-8,12H2. The second-order valence-electron chi connectivity index (χ2n) is 3.74. The minimum absolute atomic E-state index is 0.0716. The summed E-state index contributed by atoms with van der Waals surface area (Å²) in [5, 5.41) is 21.2. The fourth-order valence-corrected chi connectivity index (χ4v) is 2.31. The molecule has 3 N–H and O–H groups in total. The van der Waals surface area contributed by atoms with Crippen molar-refractivity contribution in [3.63, 3.8) is 0 Å². The molecular weight excluding hydrogens is 250 g/mol. The summed E-state index contributed by atoms with van der Waals surface area (Å²) in [5.74, 6) is 0.788. The number of rotatable bonds is 6. The van der Waals surface area contributed by atoms with Gasteiger partial charge in [0.2, 0.25) is 5.16 Å². The third-order valence-electron chi connectivity index (χ3n) is 2.41. The SMILES string of the molecule is NCCn1nnnc1SCc1ccc(CO)cc1. The molecule has 0 aliphatic heterocycles. The number of aliphatic hydroxyl groups excluding tert-OH is 1. The van der Waals surface area contributed by atoms with E-state index in [4.69, 9.17) is 10.8 Å². The van der Waals surface area contributed by atoms with Gasteiger partial charge in [-0.2, -0.15) is 0 Å². The van der Waals surface area contributed by atoms with Crippen LogP contribution in [0.2, 0.25) is 0 Å². The van der Waals surface area contributed by atoms with Crippen molar-refractivity contribution in [2.75, 3.05) is 6.54 Å². The predicted octanol–water partition coefficient (Wildman–Crippen LogP) is 0.416. The lowest BCUT2D eigenvalue weighted by Gasteiger charge is -2.03. The fraction of sp³-hybridized carbons (Fsp3) is 0.364. The van der Waals surface area contributed by atoms with Crippen LogP contribution in [0.4, 0.5) is 0 Å². The smallest absolute Gasteiger partial charge is 0.209 e. The zero-order chi connectivity index (χ0) is 12.8. The molecule has 1 aromatic heterocycles. The van der Waals surface area contributed by atoms with E-state index in [2.05, 4.69) is 15.5 Å². The maximum atomic E-state index is 8.96. The molecule has 7 heteroatoms. The van der Waals surface area contributed by atoms with E-state index < -0.39 is 0 Å². The first kappa shape index (κ1) is 13.0. The van der Waals surface area contributed by atoms with Crippen LogP contribution in [-0.4, -0.2) is 31.9 Å². The van der Waals surface area contributed by atoms with Crippen LogP contribution in [0.3, 0.4) is 0 Å². The highest BCUT2D eigenvalue weighted by atomic mass is 32.2. The third-order valence-corrected chi connectivity index (χ3v) is 3.44. The molecule has 0 aliphatic carbocycles. The van der Waals surface area contributed by atoms with Gasteiger partial charge in [0.25, 0.3) is 0 Å². The van der Waals surface area contributed by atoms with Gasteiger partial charge in [0.05, 0.1) is 13.2 Å². The predicted molar refractivity (Wildman–Crippen MR) is 68.8 cm³/mol. The van der Waals surface area contributed by atoms with Gasteiger partial charge in [-0.25, -0.2) is 4.68 Å². The highest BCUT2D eigenvalue weighted by Gasteiger charge is 2.06. The van der Waals surface area contributed by atoms with Crippen LogP contribution in [0.15, 0.2) is 29.4 Å². The van der Waals surface area contributed by atoms with Crippen molar-refractivity contribution in [2.24, 2.45) is 5.73 Å². The molecule has 0 amide bonds. The monoisotopic (exact) mass is 265 g/mol. The van der Waals surface area contributed by atoms with E-state index in [0.717, 1.165) is 16.5 Å². The van der Waals surface area contributed by atoms with Crippen LogP contribution in [0.25, 0.3) is 0 Å². The third kappa shape index (κ3) is 3.28. The van der Waals surface area contributed by atoms with E-state index in [-0.39, 0.29) is 6.61 Å². The minimum atomic E-state index is 0.0716. The van der Waals surface area contributed by atoms with Crippen molar-refractivity contribution in [2.45, 2.75) is 24.1 Å². The molecule has 0 unspecified atom stereocenters. The number of aliphatic hydroxyl groups is 1. The molecule has 0 spiro atoms. The Labute approximate surface area is 109 Å². The number of tetrazole rings is 1. The number of nitrogens with two attached hydrogens (primary N) is 1. The second kappa shape index (κ2) is 6.48. The molecule has 0 fully saturated rings. The molecule has 1 heterocycles. The summed E-state index contributed by atoms with van der Waals surface area (Å²) >= 11 is 1.57. The molecule has 0 atom stereocenters. The molecule has 0 aliphatic rings. The van der Waals surface area contributed by atoms with Gasteiger partial charge < -0.3 is 10.8 Å². The van der Waals surface area contributed by atoms with Crippen molar-refractivity contribution >= 4 is 11.8 Å². The number of benzene rings is 1. The van der Waals surface area contributed by atoms with Crippen LogP contribution in [-0.2, 0) is 18.9 Å². The average molecular weight is 265 g/mol. The lowest BCUT2D eigenvalue weighted by molar-refractivity contribution is 0.282. The van der Waals surface area contributed by atoms with Gasteiger partial charge >= 0.3 is 0 Å². The van der Waals surface area contributed by atoms with Crippen LogP contribution in [0, 0.1) is 0 Å². The molecule has 2 aromatic rings. The summed E-state index contributed by atoms with van der Waals surface area (Å²) in [4.78, 5) is 0. The van der Waals surface area contributed by atoms with Crippen molar-refractivity contribution in [1.29, 1.82) is 0 Å². The highest BCUT2D eigenvalue weighted by molar-refractivity contribution is 7.98. The van der Waals surface area contributed by atoms with Gasteiger partial charge in [-0.3, -0.25) is 0 Å². The van der Waals surface area contributed by atoms with Gasteiger partial charge in [0.1, 0.15) is 0 Å². The number of nitrogens with zero attached hydrogens (tertiary/aromatic N) is 4. The molecule has 18 heavy (non-hydrogen) atoms. The average Bonchev–Trinajstić information content (AvgIpc) is 2.85. The van der Waals surface area contributed by atoms with E-state index in [1.807, 2.05) is 24.3 Å². The Morgan fingerprint density at radius 3 is 2.61 bits per heavy atom. The van der Waals surface area contributed by atoms with E-state index in [9.17, 15) is 0 Å². The number of hydrogen-bond donors (Lipinski definition) is 2. The zero-order valence-electron chi connectivity index (χ0n) is 9.86. The van der Waals surface area contributed by atoms with Gasteiger partial charge in [-0.15, -0.1) is 5.10 Å². The second-order valence-corrected chi connectivity index (χ2v) is 4.68. The summed E-state index contributed by atoms with van der Waals surface area (Å²) in [6.07, 6.45) is 0. The molecule has 6 nitrogen and oxygen atoms in total. The Morgan fingerprint density at radius 2 is 1.94 bits per heavy atom. The minimum Gasteiger partial charge on any atom is -0.392 e. The summed E-state index contributed by atoms with van der Waals surface area (Å²) in [6, 6.07) is 7.82. The van der Waals surface area contributed by atoms with Crippen LogP contribution >= 0.6 is 11.8 Å². The Kier molecular flexibility index (Phi) is 4.68. The topological polar surface area (TPSA) is 89.9 Å². The van der Waals surface area contributed by atoms with E-state index in [1.165, 1.54) is 5.56 Å². The van der Waals surface area contributed by atoms with Gasteiger partial charge in [0, 0.05) is 12.3 Å². The first-order chi connectivity index (χ1) is 8.83. The molecule has 0 saturated carbocycles. The number of hydrogen-bond acceptors (Lipinski definition) is 6. The van der Waals surface area contributed by atoms with Gasteiger partial charge in [-0.1, -0.05) is 36.0 Å². The van der Waals surface area contributed by atoms with E-state index in [1.54, 1.807) is 16.4 Å². The lowest BCUT2D eigenvalue weighted by Crippen LogP contribution is -2.12. The normalized spacial score (nSPS) is 10.8. The highest BCUT2D eigenvalue weighted by Crippen LogP contribution is 2.20. The first-order valence-corrected chi connectivity index (χ1v) is 6.59. The number of aromatic nitrogens is 4. The summed E-state index contributed by atoms with van der Waals surface area (Å²) in [5.41, 5.74) is 7.56. The Bertz CT molecular complexity index is 484. The molecular formula is C11H15N5OS. The van der Waals surface area contributed by atoms with Crippen molar-refractivity contribution in [3.05, 3.63) is 35.4 Å². The molecule has 0 saturated heterocycles. The first-order valence-electron chi connectivity index (χ1n) is 5.61. The van der Waals surface area contributed by atoms with E-state index in [0.29, 0.717) is 13.1 Å². The summed E-state index contributed by atoms with van der Waals surface area (Å²) in [6.45, 7) is 1.21. The summed E-state index contributed by atoms with van der Waals surface area (Å²) < 4.78 is 1.70. The molecule has 0 bridgehead atoms. The van der Waals surface area contributed by atoms with Gasteiger partial charge in [-0.05, 0) is 21.6 Å². The Balaban J connectivity index is 1.95. The van der Waals surface area contributed by atoms with Crippen LogP contribution in [0.1, 0.15) is 11.1 Å². The maximum Gasteiger partial charge on any atom is 0.209 e. The van der Waals surface area contributed by atoms with E-state index >= 15 is 0 Å². The molecule has 1 aromatic carbocycles.